The van der Waals surface area contributed by atoms with Gasteiger partial charge in [-0.1, -0.05) is 242 Å². The molecule has 1 atom stereocenters. The fourth-order valence-electron chi connectivity index (χ4n) is 7.47. The Hall–Kier alpha value is -5.49. The summed E-state index contributed by atoms with van der Waals surface area (Å²) in [5, 5.41) is 0. The average Bonchev–Trinajstić information content (AvgIpc) is 3.43. The molecule has 0 heterocycles. The van der Waals surface area contributed by atoms with Crippen LogP contribution in [0.1, 0.15) is 226 Å². The van der Waals surface area contributed by atoms with Crippen LogP contribution in [0.5, 0.6) is 0 Å². The van der Waals surface area contributed by atoms with Crippen molar-refractivity contribution in [3.05, 3.63) is 182 Å². The zero-order chi connectivity index (χ0) is 55.7. The van der Waals surface area contributed by atoms with E-state index in [1.807, 2.05) is 0 Å². The van der Waals surface area contributed by atoms with Crippen LogP contribution in [0.4, 0.5) is 0 Å². The third-order valence-corrected chi connectivity index (χ3v) is 11.9. The van der Waals surface area contributed by atoms with Gasteiger partial charge in [-0.2, -0.15) is 0 Å². The molecule has 0 saturated heterocycles. The molecular weight excluding hydrogens is 949 g/mol. The summed E-state index contributed by atoms with van der Waals surface area (Å²) in [6.45, 7) is 6.19. The second kappa shape index (κ2) is 63.0. The highest BCUT2D eigenvalue weighted by atomic mass is 16.6. The van der Waals surface area contributed by atoms with E-state index in [0.717, 1.165) is 148 Å². The number of carbonyl (C=O) groups excluding carboxylic acids is 3. The molecule has 0 aromatic rings. The molecule has 0 N–H and O–H groups in total. The van der Waals surface area contributed by atoms with E-state index in [9.17, 15) is 14.4 Å². The number of hydrogen-bond donors (Lipinski definition) is 0. The molecule has 1 unspecified atom stereocenters. The van der Waals surface area contributed by atoms with Crippen LogP contribution in [0.15, 0.2) is 182 Å². The highest BCUT2D eigenvalue weighted by molar-refractivity contribution is 5.71. The lowest BCUT2D eigenvalue weighted by Crippen LogP contribution is -2.30. The normalized spacial score (nSPS) is 13.4. The predicted octanol–water partition coefficient (Wildman–Crippen LogP) is 20.9. The maximum absolute atomic E-state index is 12.9. The van der Waals surface area contributed by atoms with E-state index in [2.05, 4.69) is 203 Å². The van der Waals surface area contributed by atoms with Gasteiger partial charge in [0.1, 0.15) is 13.2 Å². The van der Waals surface area contributed by atoms with E-state index in [1.165, 1.54) is 25.7 Å². The minimum atomic E-state index is -0.835. The Bertz CT molecular complexity index is 1840. The lowest BCUT2D eigenvalue weighted by atomic mass is 10.1. The van der Waals surface area contributed by atoms with Gasteiger partial charge in [0.2, 0.25) is 0 Å². The standard InChI is InChI=1S/C71H108O6/c1-4-7-10-13-16-19-22-25-28-30-32-34-35-37-38-40-43-46-49-52-55-58-61-64-70(73)76-67-68(66-75-69(72)63-60-57-54-51-48-45-42-27-24-21-18-15-12-9-6-3)77-71(74)65-62-59-56-53-50-47-44-41-39-36-33-31-29-26-23-20-17-14-11-8-5-2/h7-12,16-21,25-29,32-34,36-38,42-43,46,48,51-52,55,68H,4-6,13-15,22-24,30-31,35,39-41,44-45,47,49-50,53-54,56-67H2,1-3H3/b10-7-,11-8-,12-9-,19-16-,20-17-,21-18-,28-25-,29-26-,34-32-,36-33-,38-37-,42-27-,46-43-,51-48-,55-52-. The second-order valence-electron chi connectivity index (χ2n) is 19.1. The van der Waals surface area contributed by atoms with E-state index in [-0.39, 0.29) is 50.4 Å². The molecule has 0 saturated carbocycles. The van der Waals surface area contributed by atoms with Gasteiger partial charge in [-0.15, -0.1) is 0 Å². The maximum atomic E-state index is 12.9. The molecule has 0 aliphatic carbocycles. The Morgan fingerprint density at radius 1 is 0.260 bits per heavy atom. The van der Waals surface area contributed by atoms with Crippen LogP contribution in [0, 0.1) is 0 Å². The first-order chi connectivity index (χ1) is 38.0. The molecular formula is C71H108O6. The smallest absolute Gasteiger partial charge is 0.306 e. The summed E-state index contributed by atoms with van der Waals surface area (Å²) in [4.78, 5) is 38.3. The van der Waals surface area contributed by atoms with Crippen molar-refractivity contribution in [3.63, 3.8) is 0 Å². The lowest BCUT2D eigenvalue weighted by molar-refractivity contribution is -0.167. The van der Waals surface area contributed by atoms with Gasteiger partial charge >= 0.3 is 17.9 Å². The first-order valence-corrected chi connectivity index (χ1v) is 30.3. The molecule has 77 heavy (non-hydrogen) atoms. The summed E-state index contributed by atoms with van der Waals surface area (Å²) in [6, 6.07) is 0. The van der Waals surface area contributed by atoms with Crippen molar-refractivity contribution in [3.8, 4) is 0 Å². The topological polar surface area (TPSA) is 78.9 Å². The number of carbonyl (C=O) groups is 3. The summed E-state index contributed by atoms with van der Waals surface area (Å²) in [7, 11) is 0. The van der Waals surface area contributed by atoms with Crippen LogP contribution >= 0.6 is 0 Å². The van der Waals surface area contributed by atoms with Crippen molar-refractivity contribution in [2.24, 2.45) is 0 Å². The van der Waals surface area contributed by atoms with Gasteiger partial charge in [-0.25, -0.2) is 0 Å². The molecule has 428 valence electrons. The van der Waals surface area contributed by atoms with Gasteiger partial charge in [0.15, 0.2) is 6.10 Å². The summed E-state index contributed by atoms with van der Waals surface area (Å²) in [5.74, 6) is -1.05. The maximum Gasteiger partial charge on any atom is 0.306 e. The van der Waals surface area contributed by atoms with Crippen LogP contribution in [0.3, 0.4) is 0 Å². The number of unbranched alkanes of at least 4 members (excludes halogenated alkanes) is 11. The van der Waals surface area contributed by atoms with Crippen LogP contribution < -0.4 is 0 Å². The second-order valence-corrected chi connectivity index (χ2v) is 19.1. The monoisotopic (exact) mass is 1060 g/mol. The largest absolute Gasteiger partial charge is 0.462 e. The third kappa shape index (κ3) is 61.2. The van der Waals surface area contributed by atoms with Crippen LogP contribution in [0.2, 0.25) is 0 Å². The molecule has 0 spiro atoms. The van der Waals surface area contributed by atoms with Crippen molar-refractivity contribution in [1.29, 1.82) is 0 Å². The molecule has 6 heteroatoms. The third-order valence-electron chi connectivity index (χ3n) is 11.9. The average molecular weight is 1060 g/mol. The molecule has 0 aromatic heterocycles. The SMILES string of the molecule is CC/C=C\C/C=C\C/C=C\C/C=C\C/C=C\C/C=C\C/C=C\CCCC(=O)OCC(COC(=O)CCCC/C=C\C/C=C\C/C=C\C/C=C\CC)OC(=O)CCCCCCCCCC/C=C\C/C=C\C/C=C\C/C=C\CC. The first-order valence-electron chi connectivity index (χ1n) is 30.3. The zero-order valence-corrected chi connectivity index (χ0v) is 48.9. The minimum absolute atomic E-state index is 0.131. The molecule has 0 rings (SSSR count). The summed E-state index contributed by atoms with van der Waals surface area (Å²) < 4.78 is 16.8. The Kier molecular flexibility index (Phi) is 58.6. The minimum Gasteiger partial charge on any atom is -0.462 e. The number of allylic oxidation sites excluding steroid dienone is 30. The van der Waals surface area contributed by atoms with E-state index in [4.69, 9.17) is 14.2 Å². The molecule has 0 aliphatic heterocycles. The van der Waals surface area contributed by atoms with E-state index in [1.54, 1.807) is 0 Å². The van der Waals surface area contributed by atoms with Gasteiger partial charge in [-0.3, -0.25) is 14.4 Å². The van der Waals surface area contributed by atoms with Crippen molar-refractivity contribution in [2.75, 3.05) is 13.2 Å². The Morgan fingerprint density at radius 2 is 0.481 bits per heavy atom. The number of hydrogen-bond acceptors (Lipinski definition) is 6. The molecule has 0 fully saturated rings. The Balaban J connectivity index is 4.58. The van der Waals surface area contributed by atoms with Crippen molar-refractivity contribution in [2.45, 2.75) is 232 Å². The van der Waals surface area contributed by atoms with Crippen LogP contribution in [0.25, 0.3) is 0 Å². The van der Waals surface area contributed by atoms with Gasteiger partial charge in [0.25, 0.3) is 0 Å². The van der Waals surface area contributed by atoms with Crippen molar-refractivity contribution >= 4 is 17.9 Å². The van der Waals surface area contributed by atoms with Gasteiger partial charge in [0.05, 0.1) is 0 Å². The van der Waals surface area contributed by atoms with E-state index < -0.39 is 6.10 Å². The Morgan fingerprint density at radius 3 is 0.805 bits per heavy atom. The molecule has 0 radical (unpaired) electrons. The molecule has 0 aliphatic rings. The number of ether oxygens (including phenoxy) is 3. The lowest BCUT2D eigenvalue weighted by Gasteiger charge is -2.18. The quantitative estimate of drug-likeness (QED) is 0.0261. The molecule has 0 aromatic carbocycles. The van der Waals surface area contributed by atoms with E-state index >= 15 is 0 Å². The van der Waals surface area contributed by atoms with Crippen molar-refractivity contribution in [1.82, 2.24) is 0 Å². The fourth-order valence-corrected chi connectivity index (χ4v) is 7.47. The highest BCUT2D eigenvalue weighted by Crippen LogP contribution is 2.13. The van der Waals surface area contributed by atoms with Crippen LogP contribution in [-0.4, -0.2) is 37.2 Å². The summed E-state index contributed by atoms with van der Waals surface area (Å²) >= 11 is 0. The zero-order valence-electron chi connectivity index (χ0n) is 48.9. The first kappa shape index (κ1) is 71.5. The van der Waals surface area contributed by atoms with E-state index in [0.29, 0.717) is 12.8 Å². The Labute approximate surface area is 472 Å². The van der Waals surface area contributed by atoms with Crippen molar-refractivity contribution < 1.29 is 28.6 Å². The highest BCUT2D eigenvalue weighted by Gasteiger charge is 2.19. The molecule has 0 amide bonds. The van der Waals surface area contributed by atoms with Gasteiger partial charge in [-0.05, 0) is 148 Å². The number of rotatable bonds is 52. The molecule has 6 nitrogen and oxygen atoms in total. The van der Waals surface area contributed by atoms with Gasteiger partial charge in [0, 0.05) is 19.3 Å². The predicted molar refractivity (Wildman–Crippen MR) is 334 cm³/mol. The number of esters is 3. The summed E-state index contributed by atoms with van der Waals surface area (Å²) in [5.41, 5.74) is 0. The van der Waals surface area contributed by atoms with Crippen LogP contribution in [-0.2, 0) is 28.6 Å². The fraction of sp³-hybridized carbons (Fsp3) is 0.535. The molecule has 0 bridgehead atoms. The summed E-state index contributed by atoms with van der Waals surface area (Å²) in [6.07, 6.45) is 94.6. The van der Waals surface area contributed by atoms with Gasteiger partial charge < -0.3 is 14.2 Å².